The summed E-state index contributed by atoms with van der Waals surface area (Å²) in [6.07, 6.45) is 2.98. The molecule has 1 fully saturated rings. The number of aliphatic imine (C=N–C) groups is 1. The predicted octanol–water partition coefficient (Wildman–Crippen LogP) is 4.47. The molecule has 1 aliphatic rings. The molecule has 1 saturated heterocycles. The second kappa shape index (κ2) is 11.3. The van der Waals surface area contributed by atoms with Gasteiger partial charge < -0.3 is 15.0 Å². The van der Waals surface area contributed by atoms with Crippen molar-refractivity contribution in [2.75, 3.05) is 26.7 Å². The van der Waals surface area contributed by atoms with Crippen LogP contribution in [0.5, 0.6) is 0 Å². The third-order valence-corrected chi connectivity index (χ3v) is 5.42. The van der Waals surface area contributed by atoms with Gasteiger partial charge in [-0.15, -0.1) is 24.0 Å². The molecule has 0 aliphatic carbocycles. The molecule has 4 rings (SSSR count). The van der Waals surface area contributed by atoms with Gasteiger partial charge in [-0.3, -0.25) is 9.98 Å². The smallest absolute Gasteiger partial charge is 0.193 e. The average molecular weight is 516 g/mol. The molecular formula is C24H29IN4O. The summed E-state index contributed by atoms with van der Waals surface area (Å²) in [5, 5.41) is 4.68. The third-order valence-electron chi connectivity index (χ3n) is 5.42. The van der Waals surface area contributed by atoms with Gasteiger partial charge in [0.1, 0.15) is 0 Å². The first-order chi connectivity index (χ1) is 14.3. The Balaban J connectivity index is 0.00000256. The first-order valence-electron chi connectivity index (χ1n) is 10.2. The molecule has 0 spiro atoms. The van der Waals surface area contributed by atoms with E-state index in [-0.39, 0.29) is 24.0 Å². The van der Waals surface area contributed by atoms with Crippen LogP contribution in [0.1, 0.15) is 17.5 Å². The number of fused-ring (bicyclic) bond motifs is 1. The van der Waals surface area contributed by atoms with E-state index in [9.17, 15) is 0 Å². The SMILES string of the molecule is CN=C(NCc1cccc2cccnc12)N1CCC(COCc2ccccc2)C1.I. The molecule has 1 unspecified atom stereocenters. The Kier molecular flexibility index (Phi) is 8.45. The Morgan fingerprint density at radius 3 is 2.80 bits per heavy atom. The van der Waals surface area contributed by atoms with Crippen LogP contribution >= 0.6 is 24.0 Å². The van der Waals surface area contributed by atoms with Crippen molar-refractivity contribution in [1.82, 2.24) is 15.2 Å². The highest BCUT2D eigenvalue weighted by Gasteiger charge is 2.25. The van der Waals surface area contributed by atoms with Crippen molar-refractivity contribution in [3.63, 3.8) is 0 Å². The second-order valence-electron chi connectivity index (χ2n) is 7.49. The van der Waals surface area contributed by atoms with Crippen LogP contribution in [0.25, 0.3) is 10.9 Å². The van der Waals surface area contributed by atoms with Crippen molar-refractivity contribution >= 4 is 40.8 Å². The number of rotatable bonds is 6. The molecule has 3 aromatic rings. The van der Waals surface area contributed by atoms with E-state index in [2.05, 4.69) is 68.7 Å². The van der Waals surface area contributed by atoms with Gasteiger partial charge in [-0.1, -0.05) is 54.6 Å². The van der Waals surface area contributed by atoms with Crippen LogP contribution in [-0.2, 0) is 17.9 Å². The van der Waals surface area contributed by atoms with Crippen LogP contribution < -0.4 is 5.32 Å². The first-order valence-corrected chi connectivity index (χ1v) is 10.2. The minimum atomic E-state index is 0. The van der Waals surface area contributed by atoms with Gasteiger partial charge in [0.2, 0.25) is 0 Å². The lowest BCUT2D eigenvalue weighted by Gasteiger charge is -2.22. The quantitative estimate of drug-likeness (QED) is 0.299. The molecule has 2 aromatic carbocycles. The first kappa shape index (κ1) is 22.5. The summed E-state index contributed by atoms with van der Waals surface area (Å²) in [4.78, 5) is 11.4. The number of nitrogens with zero attached hydrogens (tertiary/aromatic N) is 3. The Labute approximate surface area is 195 Å². The zero-order valence-electron chi connectivity index (χ0n) is 17.3. The van der Waals surface area contributed by atoms with Gasteiger partial charge in [0, 0.05) is 44.2 Å². The molecule has 1 aromatic heterocycles. The summed E-state index contributed by atoms with van der Waals surface area (Å²) in [5.41, 5.74) is 3.46. The summed E-state index contributed by atoms with van der Waals surface area (Å²) in [7, 11) is 1.85. The third kappa shape index (κ3) is 5.70. The van der Waals surface area contributed by atoms with Crippen molar-refractivity contribution in [1.29, 1.82) is 0 Å². The van der Waals surface area contributed by atoms with E-state index in [1.807, 2.05) is 25.4 Å². The van der Waals surface area contributed by atoms with Crippen LogP contribution in [0, 0.1) is 5.92 Å². The zero-order valence-corrected chi connectivity index (χ0v) is 19.7. The average Bonchev–Trinajstić information content (AvgIpc) is 3.24. The molecule has 0 radical (unpaired) electrons. The summed E-state index contributed by atoms with van der Waals surface area (Å²) >= 11 is 0. The zero-order chi connectivity index (χ0) is 19.9. The van der Waals surface area contributed by atoms with Crippen LogP contribution in [0.4, 0.5) is 0 Å². The Morgan fingerprint density at radius 2 is 1.97 bits per heavy atom. The van der Waals surface area contributed by atoms with Crippen molar-refractivity contribution < 1.29 is 4.74 Å². The van der Waals surface area contributed by atoms with Gasteiger partial charge in [0.05, 0.1) is 18.7 Å². The molecule has 30 heavy (non-hydrogen) atoms. The number of guanidine groups is 1. The molecule has 0 saturated carbocycles. The predicted molar refractivity (Wildman–Crippen MR) is 133 cm³/mol. The lowest BCUT2D eigenvalue weighted by molar-refractivity contribution is 0.0906. The normalized spacial score (nSPS) is 16.5. The number of benzene rings is 2. The number of hydrogen-bond acceptors (Lipinski definition) is 3. The molecule has 1 aliphatic heterocycles. The Morgan fingerprint density at radius 1 is 1.13 bits per heavy atom. The van der Waals surface area contributed by atoms with Crippen molar-refractivity contribution in [2.45, 2.75) is 19.6 Å². The number of nitrogens with one attached hydrogen (secondary N) is 1. The number of likely N-dealkylation sites (tertiary alicyclic amines) is 1. The maximum Gasteiger partial charge on any atom is 0.193 e. The van der Waals surface area contributed by atoms with E-state index >= 15 is 0 Å². The summed E-state index contributed by atoms with van der Waals surface area (Å²) < 4.78 is 5.95. The molecule has 5 nitrogen and oxygen atoms in total. The highest BCUT2D eigenvalue weighted by Crippen LogP contribution is 2.19. The van der Waals surface area contributed by atoms with Crippen molar-refractivity contribution in [3.8, 4) is 0 Å². The van der Waals surface area contributed by atoms with E-state index in [0.717, 1.165) is 37.6 Å². The molecule has 6 heteroatoms. The summed E-state index contributed by atoms with van der Waals surface area (Å²) in [6.45, 7) is 4.16. The topological polar surface area (TPSA) is 49.8 Å². The summed E-state index contributed by atoms with van der Waals surface area (Å²) in [5.74, 6) is 1.49. The summed E-state index contributed by atoms with van der Waals surface area (Å²) in [6, 6.07) is 20.7. The minimum Gasteiger partial charge on any atom is -0.376 e. The number of pyridine rings is 1. The van der Waals surface area contributed by atoms with Crippen molar-refractivity contribution in [3.05, 3.63) is 78.0 Å². The van der Waals surface area contributed by atoms with Gasteiger partial charge in [-0.2, -0.15) is 0 Å². The highest BCUT2D eigenvalue weighted by atomic mass is 127. The molecular weight excluding hydrogens is 487 g/mol. The standard InChI is InChI=1S/C24H28N4O.HI/c1-25-24(27-15-22-10-5-9-21-11-6-13-26-23(21)22)28-14-12-20(16-28)18-29-17-19-7-3-2-4-8-19;/h2-11,13,20H,12,14-18H2,1H3,(H,25,27);1H. The van der Waals surface area contributed by atoms with E-state index in [4.69, 9.17) is 4.74 Å². The maximum absolute atomic E-state index is 5.95. The largest absolute Gasteiger partial charge is 0.376 e. The van der Waals surface area contributed by atoms with Crippen LogP contribution in [0.3, 0.4) is 0 Å². The van der Waals surface area contributed by atoms with Crippen LogP contribution in [0.15, 0.2) is 71.9 Å². The Bertz CT molecular complexity index is 958. The van der Waals surface area contributed by atoms with Gasteiger partial charge in [-0.05, 0) is 23.6 Å². The van der Waals surface area contributed by atoms with E-state index in [0.29, 0.717) is 19.1 Å². The van der Waals surface area contributed by atoms with E-state index in [1.165, 1.54) is 16.5 Å². The second-order valence-corrected chi connectivity index (χ2v) is 7.49. The number of para-hydroxylation sites is 1. The van der Waals surface area contributed by atoms with Crippen molar-refractivity contribution in [2.24, 2.45) is 10.9 Å². The Hall–Kier alpha value is -2.19. The maximum atomic E-state index is 5.95. The lowest BCUT2D eigenvalue weighted by atomic mass is 10.1. The fourth-order valence-corrected chi connectivity index (χ4v) is 3.90. The highest BCUT2D eigenvalue weighted by molar-refractivity contribution is 14.0. The van der Waals surface area contributed by atoms with Gasteiger partial charge >= 0.3 is 0 Å². The monoisotopic (exact) mass is 516 g/mol. The fourth-order valence-electron chi connectivity index (χ4n) is 3.90. The van der Waals surface area contributed by atoms with Gasteiger partial charge in [0.25, 0.3) is 0 Å². The van der Waals surface area contributed by atoms with Gasteiger partial charge in [0.15, 0.2) is 5.96 Å². The molecule has 0 amide bonds. The molecule has 1 N–H and O–H groups in total. The van der Waals surface area contributed by atoms with Crippen LogP contribution in [-0.4, -0.2) is 42.6 Å². The molecule has 1 atom stereocenters. The number of ether oxygens (including phenoxy) is 1. The van der Waals surface area contributed by atoms with E-state index in [1.54, 1.807) is 0 Å². The van der Waals surface area contributed by atoms with Gasteiger partial charge in [-0.25, -0.2) is 0 Å². The molecule has 158 valence electrons. The number of hydrogen-bond donors (Lipinski definition) is 1. The fraction of sp³-hybridized carbons (Fsp3) is 0.333. The number of halogens is 1. The minimum absolute atomic E-state index is 0. The molecule has 0 bridgehead atoms. The molecule has 2 heterocycles. The lowest BCUT2D eigenvalue weighted by Crippen LogP contribution is -2.39. The van der Waals surface area contributed by atoms with Crippen LogP contribution in [0.2, 0.25) is 0 Å². The number of aromatic nitrogens is 1. The van der Waals surface area contributed by atoms with E-state index < -0.39 is 0 Å².